The summed E-state index contributed by atoms with van der Waals surface area (Å²) in [5, 5.41) is 2.62. The predicted molar refractivity (Wildman–Crippen MR) is 115 cm³/mol. The second-order valence-corrected chi connectivity index (χ2v) is 7.24. The highest BCUT2D eigenvalue weighted by molar-refractivity contribution is 7.09. The topological polar surface area (TPSA) is 75.3 Å². The maximum Gasteiger partial charge on any atom is 0.273 e. The minimum atomic E-state index is 0. The summed E-state index contributed by atoms with van der Waals surface area (Å²) in [5.74, 6) is 1.59. The predicted octanol–water partition coefficient (Wildman–Crippen LogP) is 3.22. The van der Waals surface area contributed by atoms with Gasteiger partial charge >= 0.3 is 0 Å². The fourth-order valence-electron chi connectivity index (χ4n) is 3.22. The molecule has 1 saturated heterocycles. The van der Waals surface area contributed by atoms with Crippen LogP contribution in [-0.4, -0.2) is 47.0 Å². The summed E-state index contributed by atoms with van der Waals surface area (Å²) in [6.07, 6.45) is 3.99. The van der Waals surface area contributed by atoms with Gasteiger partial charge in [-0.25, -0.2) is 9.97 Å². The van der Waals surface area contributed by atoms with E-state index in [-0.39, 0.29) is 30.7 Å². The van der Waals surface area contributed by atoms with Gasteiger partial charge in [-0.1, -0.05) is 6.07 Å². The first-order valence-electron chi connectivity index (χ1n) is 8.81. The number of nitrogens with zero attached hydrogens (tertiary/aromatic N) is 4. The molecule has 3 heterocycles. The van der Waals surface area contributed by atoms with Crippen LogP contribution >= 0.6 is 36.2 Å². The third kappa shape index (κ3) is 6.04. The van der Waals surface area contributed by atoms with Gasteiger partial charge in [0.05, 0.1) is 0 Å². The van der Waals surface area contributed by atoms with E-state index in [1.165, 1.54) is 11.3 Å². The molecule has 1 amide bonds. The molecule has 1 aliphatic rings. The maximum atomic E-state index is 12.7. The van der Waals surface area contributed by atoms with Crippen LogP contribution in [0.15, 0.2) is 29.8 Å². The standard InChI is InChI=1S/C18H25N5OS.2ClH/c1-2-22(18(24)15-13-25-17(11-19)21-15)12-14-6-9-23(10-7-14)16-5-3-4-8-20-16;;/h3-5,8,13-14H,2,6-7,9-12,19H2,1H3;2*1H. The molecule has 150 valence electrons. The number of aromatic nitrogens is 2. The molecule has 2 aromatic rings. The van der Waals surface area contributed by atoms with Crippen molar-refractivity contribution in [2.24, 2.45) is 11.7 Å². The number of nitrogens with two attached hydrogens (primary N) is 1. The van der Waals surface area contributed by atoms with Crippen LogP contribution in [0.1, 0.15) is 35.3 Å². The van der Waals surface area contributed by atoms with E-state index in [9.17, 15) is 4.79 Å². The summed E-state index contributed by atoms with van der Waals surface area (Å²) in [4.78, 5) is 25.7. The Morgan fingerprint density at radius 1 is 1.33 bits per heavy atom. The van der Waals surface area contributed by atoms with Gasteiger partial charge in [-0.2, -0.15) is 0 Å². The first kappa shape index (κ1) is 23.6. The molecule has 0 bridgehead atoms. The second kappa shape index (κ2) is 11.4. The highest BCUT2D eigenvalue weighted by Gasteiger charge is 2.25. The van der Waals surface area contributed by atoms with E-state index in [4.69, 9.17) is 5.73 Å². The van der Waals surface area contributed by atoms with E-state index in [1.807, 2.05) is 35.5 Å². The SMILES string of the molecule is CCN(CC1CCN(c2ccccn2)CC1)C(=O)c1csc(CN)n1.Cl.Cl. The van der Waals surface area contributed by atoms with Crippen LogP contribution in [0, 0.1) is 5.92 Å². The largest absolute Gasteiger partial charge is 0.357 e. The number of hydrogen-bond donors (Lipinski definition) is 1. The van der Waals surface area contributed by atoms with Gasteiger partial charge in [-0.05, 0) is 37.8 Å². The van der Waals surface area contributed by atoms with Crippen molar-refractivity contribution in [3.63, 3.8) is 0 Å². The zero-order valence-corrected chi connectivity index (χ0v) is 17.9. The molecule has 0 atom stereocenters. The second-order valence-electron chi connectivity index (χ2n) is 6.29. The zero-order valence-electron chi connectivity index (χ0n) is 15.4. The number of carbonyl (C=O) groups is 1. The number of carbonyl (C=O) groups excluding carboxylic acids is 1. The lowest BCUT2D eigenvalue weighted by Crippen LogP contribution is -2.41. The van der Waals surface area contributed by atoms with Gasteiger partial charge in [-0.3, -0.25) is 4.79 Å². The molecule has 0 saturated carbocycles. The number of thiazole rings is 1. The van der Waals surface area contributed by atoms with Crippen molar-refractivity contribution in [2.75, 3.05) is 31.1 Å². The first-order valence-corrected chi connectivity index (χ1v) is 9.69. The fraction of sp³-hybridized carbons (Fsp3) is 0.500. The minimum Gasteiger partial charge on any atom is -0.357 e. The summed E-state index contributed by atoms with van der Waals surface area (Å²) in [5.41, 5.74) is 6.12. The van der Waals surface area contributed by atoms with E-state index in [0.717, 1.165) is 43.3 Å². The highest BCUT2D eigenvalue weighted by atomic mass is 35.5. The highest BCUT2D eigenvalue weighted by Crippen LogP contribution is 2.23. The van der Waals surface area contributed by atoms with Crippen LogP contribution in [0.25, 0.3) is 0 Å². The lowest BCUT2D eigenvalue weighted by Gasteiger charge is -2.35. The lowest BCUT2D eigenvalue weighted by molar-refractivity contribution is 0.0724. The zero-order chi connectivity index (χ0) is 17.6. The molecule has 6 nitrogen and oxygen atoms in total. The lowest BCUT2D eigenvalue weighted by atomic mass is 9.96. The van der Waals surface area contributed by atoms with Gasteiger partial charge in [0.25, 0.3) is 5.91 Å². The van der Waals surface area contributed by atoms with Crippen molar-refractivity contribution in [2.45, 2.75) is 26.3 Å². The van der Waals surface area contributed by atoms with Crippen molar-refractivity contribution < 1.29 is 4.79 Å². The molecule has 9 heteroatoms. The fourth-order valence-corrected chi connectivity index (χ4v) is 3.87. The number of hydrogen-bond acceptors (Lipinski definition) is 6. The van der Waals surface area contributed by atoms with E-state index in [0.29, 0.717) is 24.7 Å². The number of rotatable bonds is 6. The van der Waals surface area contributed by atoms with Crippen LogP contribution < -0.4 is 10.6 Å². The molecular formula is C18H27Cl2N5OS. The van der Waals surface area contributed by atoms with E-state index in [1.54, 1.807) is 0 Å². The van der Waals surface area contributed by atoms with Gasteiger partial charge in [0.15, 0.2) is 0 Å². The summed E-state index contributed by atoms with van der Waals surface area (Å²) in [6.45, 7) is 5.88. The number of anilines is 1. The Bertz CT molecular complexity index is 692. The van der Waals surface area contributed by atoms with Crippen molar-refractivity contribution in [1.29, 1.82) is 0 Å². The summed E-state index contributed by atoms with van der Waals surface area (Å²) < 4.78 is 0. The molecule has 0 radical (unpaired) electrons. The molecule has 2 aromatic heterocycles. The molecule has 0 spiro atoms. The molecule has 1 aliphatic heterocycles. The van der Waals surface area contributed by atoms with Crippen LogP contribution in [0.3, 0.4) is 0 Å². The van der Waals surface area contributed by atoms with Crippen LogP contribution in [0.5, 0.6) is 0 Å². The van der Waals surface area contributed by atoms with Crippen molar-refractivity contribution in [3.05, 3.63) is 40.5 Å². The monoisotopic (exact) mass is 431 g/mol. The summed E-state index contributed by atoms with van der Waals surface area (Å²) >= 11 is 1.45. The molecule has 1 fully saturated rings. The first-order chi connectivity index (χ1) is 12.2. The third-order valence-corrected chi connectivity index (χ3v) is 5.55. The normalized spacial score (nSPS) is 14.2. The van der Waals surface area contributed by atoms with Gasteiger partial charge in [0, 0.05) is 44.3 Å². The van der Waals surface area contributed by atoms with Gasteiger partial charge < -0.3 is 15.5 Å². The molecular weight excluding hydrogens is 405 g/mol. The number of amides is 1. The van der Waals surface area contributed by atoms with Crippen LogP contribution in [0.2, 0.25) is 0 Å². The summed E-state index contributed by atoms with van der Waals surface area (Å²) in [7, 11) is 0. The summed E-state index contributed by atoms with van der Waals surface area (Å²) in [6, 6.07) is 6.02. The van der Waals surface area contributed by atoms with Crippen molar-refractivity contribution in [3.8, 4) is 0 Å². The van der Waals surface area contributed by atoms with E-state index < -0.39 is 0 Å². The van der Waals surface area contributed by atoms with Crippen LogP contribution in [0.4, 0.5) is 5.82 Å². The molecule has 0 unspecified atom stereocenters. The number of piperidine rings is 1. The molecule has 27 heavy (non-hydrogen) atoms. The van der Waals surface area contributed by atoms with Crippen LogP contribution in [-0.2, 0) is 6.54 Å². The Morgan fingerprint density at radius 3 is 2.63 bits per heavy atom. The quantitative estimate of drug-likeness (QED) is 0.759. The third-order valence-electron chi connectivity index (χ3n) is 4.68. The van der Waals surface area contributed by atoms with Gasteiger partial charge in [0.1, 0.15) is 16.5 Å². The Balaban J connectivity index is 0.00000182. The Labute approximate surface area is 177 Å². The van der Waals surface area contributed by atoms with E-state index in [2.05, 4.69) is 20.9 Å². The maximum absolute atomic E-state index is 12.7. The average Bonchev–Trinajstić information content (AvgIpc) is 3.16. The molecule has 0 aliphatic carbocycles. The smallest absolute Gasteiger partial charge is 0.273 e. The average molecular weight is 432 g/mol. The minimum absolute atomic E-state index is 0. The Morgan fingerprint density at radius 2 is 2.07 bits per heavy atom. The van der Waals surface area contributed by atoms with Gasteiger partial charge in [0.2, 0.25) is 0 Å². The number of halogens is 2. The van der Waals surface area contributed by atoms with Crippen molar-refractivity contribution in [1.82, 2.24) is 14.9 Å². The molecule has 3 rings (SSSR count). The van der Waals surface area contributed by atoms with Crippen molar-refractivity contribution >= 4 is 47.9 Å². The number of pyridine rings is 1. The Kier molecular flexibility index (Phi) is 10.0. The van der Waals surface area contributed by atoms with E-state index >= 15 is 0 Å². The Hall–Kier alpha value is -1.41. The van der Waals surface area contributed by atoms with Gasteiger partial charge in [-0.15, -0.1) is 36.2 Å². The molecule has 0 aromatic carbocycles. The molecule has 2 N–H and O–H groups in total.